The predicted molar refractivity (Wildman–Crippen MR) is 51.5 cm³/mol. The van der Waals surface area contributed by atoms with E-state index in [1.165, 1.54) is 6.20 Å². The maximum atomic E-state index is 10.7. The molecule has 0 aliphatic rings. The van der Waals surface area contributed by atoms with Gasteiger partial charge in [-0.3, -0.25) is 0 Å². The minimum atomic E-state index is -1.06. The van der Waals surface area contributed by atoms with Crippen molar-refractivity contribution in [2.75, 3.05) is 0 Å². The molecule has 2 aromatic rings. The summed E-state index contributed by atoms with van der Waals surface area (Å²) in [6.45, 7) is 0. The van der Waals surface area contributed by atoms with Crippen LogP contribution in [-0.4, -0.2) is 20.5 Å². The Labute approximate surface area is 85.2 Å². The van der Waals surface area contributed by atoms with E-state index in [1.54, 1.807) is 22.7 Å². The summed E-state index contributed by atoms with van der Waals surface area (Å²) >= 11 is 0. The number of nitriles is 1. The van der Waals surface area contributed by atoms with Gasteiger partial charge in [0.1, 0.15) is 5.65 Å². The molecule has 0 bridgehead atoms. The average molecular weight is 201 g/mol. The third-order valence-electron chi connectivity index (χ3n) is 2.03. The van der Waals surface area contributed by atoms with Crippen molar-refractivity contribution in [3.8, 4) is 6.07 Å². The third kappa shape index (κ3) is 1.65. The lowest BCUT2D eigenvalue weighted by atomic mass is 10.2. The number of nitrogens with zero attached hydrogens (tertiary/aromatic N) is 3. The number of fused-ring (bicyclic) bond motifs is 1. The molecule has 0 aliphatic carbocycles. The second kappa shape index (κ2) is 3.42. The molecule has 0 aromatic carbocycles. The highest BCUT2D eigenvalue weighted by atomic mass is 16.4. The molecule has 0 atom stereocenters. The molecule has 2 aromatic heterocycles. The van der Waals surface area contributed by atoms with E-state index in [0.717, 1.165) is 5.56 Å². The van der Waals surface area contributed by atoms with Gasteiger partial charge in [-0.05, 0) is 17.7 Å². The summed E-state index contributed by atoms with van der Waals surface area (Å²) in [5.74, 6) is -1.06. The Bertz CT molecular complexity index is 566. The Morgan fingerprint density at radius 3 is 3.13 bits per heavy atom. The summed E-state index contributed by atoms with van der Waals surface area (Å²) in [4.78, 5) is 14.6. The Morgan fingerprint density at radius 2 is 2.47 bits per heavy atom. The lowest BCUT2D eigenvalue weighted by Crippen LogP contribution is -1.94. The van der Waals surface area contributed by atoms with E-state index in [9.17, 15) is 4.79 Å². The first-order valence-electron chi connectivity index (χ1n) is 4.28. The van der Waals surface area contributed by atoms with Gasteiger partial charge >= 0.3 is 5.97 Å². The van der Waals surface area contributed by atoms with Crippen LogP contribution in [0.3, 0.4) is 0 Å². The molecule has 0 amide bonds. The fraction of sp³-hybridized carbons (Fsp3) is 0.100. The van der Waals surface area contributed by atoms with Crippen LogP contribution in [0.5, 0.6) is 0 Å². The zero-order chi connectivity index (χ0) is 10.8. The molecule has 0 saturated carbocycles. The van der Waals surface area contributed by atoms with Crippen molar-refractivity contribution in [2.24, 2.45) is 0 Å². The van der Waals surface area contributed by atoms with Crippen molar-refractivity contribution >= 4 is 11.6 Å². The number of aromatic nitrogens is 2. The summed E-state index contributed by atoms with van der Waals surface area (Å²) in [5.41, 5.74) is 1.37. The normalized spacial score (nSPS) is 10.1. The van der Waals surface area contributed by atoms with E-state index in [-0.39, 0.29) is 5.69 Å². The second-order valence-corrected chi connectivity index (χ2v) is 3.07. The van der Waals surface area contributed by atoms with Crippen LogP contribution in [0.15, 0.2) is 24.5 Å². The molecule has 2 rings (SSSR count). The van der Waals surface area contributed by atoms with E-state index < -0.39 is 5.97 Å². The molecule has 0 unspecified atom stereocenters. The van der Waals surface area contributed by atoms with Gasteiger partial charge in [0.05, 0.1) is 12.5 Å². The molecule has 0 spiro atoms. The SMILES string of the molecule is N#CCc1ccn2cc(C(=O)O)nc2c1. The van der Waals surface area contributed by atoms with Gasteiger partial charge in [0.15, 0.2) is 5.69 Å². The van der Waals surface area contributed by atoms with Gasteiger partial charge < -0.3 is 9.51 Å². The van der Waals surface area contributed by atoms with E-state index in [0.29, 0.717) is 12.1 Å². The number of rotatable bonds is 2. The highest BCUT2D eigenvalue weighted by Gasteiger charge is 2.08. The summed E-state index contributed by atoms with van der Waals surface area (Å²) in [7, 11) is 0. The number of imidazole rings is 1. The van der Waals surface area contributed by atoms with Crippen LogP contribution in [0.2, 0.25) is 0 Å². The third-order valence-corrected chi connectivity index (χ3v) is 2.03. The van der Waals surface area contributed by atoms with Crippen molar-refractivity contribution in [1.29, 1.82) is 5.26 Å². The van der Waals surface area contributed by atoms with E-state index in [2.05, 4.69) is 4.98 Å². The first-order valence-corrected chi connectivity index (χ1v) is 4.28. The standard InChI is InChI=1S/C10H7N3O2/c11-3-1-7-2-4-13-6-8(10(14)15)12-9(13)5-7/h2,4-6H,1H2,(H,14,15). The molecule has 74 valence electrons. The highest BCUT2D eigenvalue weighted by Crippen LogP contribution is 2.08. The molecule has 0 radical (unpaired) electrons. The van der Waals surface area contributed by atoms with Crippen LogP contribution >= 0.6 is 0 Å². The second-order valence-electron chi connectivity index (χ2n) is 3.07. The molecule has 0 fully saturated rings. The van der Waals surface area contributed by atoms with Crippen molar-refractivity contribution < 1.29 is 9.90 Å². The summed E-state index contributed by atoms with van der Waals surface area (Å²) in [6, 6.07) is 5.50. The topological polar surface area (TPSA) is 78.4 Å². The number of hydrogen-bond acceptors (Lipinski definition) is 3. The van der Waals surface area contributed by atoms with Gasteiger partial charge in [0.25, 0.3) is 0 Å². The number of aromatic carboxylic acids is 1. The van der Waals surface area contributed by atoms with Gasteiger partial charge in [-0.1, -0.05) is 0 Å². The summed E-state index contributed by atoms with van der Waals surface area (Å²) in [5, 5.41) is 17.2. The summed E-state index contributed by atoms with van der Waals surface area (Å²) in [6.07, 6.45) is 3.43. The Balaban J connectivity index is 2.53. The highest BCUT2D eigenvalue weighted by molar-refractivity contribution is 5.86. The lowest BCUT2D eigenvalue weighted by Gasteiger charge is -1.95. The summed E-state index contributed by atoms with van der Waals surface area (Å²) < 4.78 is 1.62. The molecular formula is C10H7N3O2. The number of pyridine rings is 1. The number of carbonyl (C=O) groups is 1. The predicted octanol–water partition coefficient (Wildman–Crippen LogP) is 1.10. The van der Waals surface area contributed by atoms with Crippen LogP contribution in [0.25, 0.3) is 5.65 Å². The molecule has 5 heteroatoms. The molecule has 15 heavy (non-hydrogen) atoms. The molecular weight excluding hydrogens is 194 g/mol. The Kier molecular flexibility index (Phi) is 2.10. The first kappa shape index (κ1) is 9.21. The Morgan fingerprint density at radius 1 is 1.67 bits per heavy atom. The fourth-order valence-electron chi connectivity index (χ4n) is 1.33. The smallest absolute Gasteiger partial charge is 0.356 e. The number of carboxylic acid groups (broad SMARTS) is 1. The zero-order valence-electron chi connectivity index (χ0n) is 7.71. The van der Waals surface area contributed by atoms with Crippen molar-refractivity contribution in [3.63, 3.8) is 0 Å². The minimum absolute atomic E-state index is 0.00380. The minimum Gasteiger partial charge on any atom is -0.476 e. The number of hydrogen-bond donors (Lipinski definition) is 1. The van der Waals surface area contributed by atoms with Gasteiger partial charge in [-0.15, -0.1) is 0 Å². The van der Waals surface area contributed by atoms with Crippen molar-refractivity contribution in [2.45, 2.75) is 6.42 Å². The van der Waals surface area contributed by atoms with E-state index in [4.69, 9.17) is 10.4 Å². The largest absolute Gasteiger partial charge is 0.476 e. The van der Waals surface area contributed by atoms with Gasteiger partial charge in [-0.25, -0.2) is 9.78 Å². The monoisotopic (exact) mass is 201 g/mol. The van der Waals surface area contributed by atoms with Crippen LogP contribution in [0.1, 0.15) is 16.1 Å². The van der Waals surface area contributed by atoms with Gasteiger partial charge in [0.2, 0.25) is 0 Å². The zero-order valence-corrected chi connectivity index (χ0v) is 7.71. The Hall–Kier alpha value is -2.35. The van der Waals surface area contributed by atoms with E-state index >= 15 is 0 Å². The fourth-order valence-corrected chi connectivity index (χ4v) is 1.33. The average Bonchev–Trinajstić information content (AvgIpc) is 2.61. The number of carboxylic acids is 1. The van der Waals surface area contributed by atoms with Crippen LogP contribution in [0, 0.1) is 11.3 Å². The molecule has 1 N–H and O–H groups in total. The first-order chi connectivity index (χ1) is 7.20. The quantitative estimate of drug-likeness (QED) is 0.789. The molecule has 5 nitrogen and oxygen atoms in total. The maximum Gasteiger partial charge on any atom is 0.356 e. The molecule has 0 saturated heterocycles. The van der Waals surface area contributed by atoms with Crippen molar-refractivity contribution in [3.05, 3.63) is 35.8 Å². The lowest BCUT2D eigenvalue weighted by molar-refractivity contribution is 0.0691. The van der Waals surface area contributed by atoms with Crippen molar-refractivity contribution in [1.82, 2.24) is 9.38 Å². The van der Waals surface area contributed by atoms with Crippen LogP contribution < -0.4 is 0 Å². The van der Waals surface area contributed by atoms with Gasteiger partial charge in [-0.2, -0.15) is 5.26 Å². The molecule has 2 heterocycles. The van der Waals surface area contributed by atoms with E-state index in [1.807, 2.05) is 6.07 Å². The molecule has 0 aliphatic heterocycles. The van der Waals surface area contributed by atoms with Crippen LogP contribution in [-0.2, 0) is 6.42 Å². The maximum absolute atomic E-state index is 10.7. The van der Waals surface area contributed by atoms with Gasteiger partial charge in [0, 0.05) is 12.4 Å². The van der Waals surface area contributed by atoms with Crippen LogP contribution in [0.4, 0.5) is 0 Å².